The van der Waals surface area contributed by atoms with E-state index < -0.39 is 0 Å². The van der Waals surface area contributed by atoms with Gasteiger partial charge in [0.25, 0.3) is 5.56 Å². The number of hydrogen-bond donors (Lipinski definition) is 2. The van der Waals surface area contributed by atoms with Gasteiger partial charge < -0.3 is 4.98 Å². The van der Waals surface area contributed by atoms with Crippen LogP contribution in [0.3, 0.4) is 0 Å². The van der Waals surface area contributed by atoms with Crippen LogP contribution in [0.2, 0.25) is 0 Å². The molecule has 1 aliphatic carbocycles. The van der Waals surface area contributed by atoms with E-state index in [4.69, 9.17) is 4.98 Å². The zero-order chi connectivity index (χ0) is 18.2. The first-order valence-electron chi connectivity index (χ1n) is 9.69. The van der Waals surface area contributed by atoms with Gasteiger partial charge in [-0.25, -0.2) is 4.98 Å². The molecule has 2 aliphatic rings. The Kier molecular flexibility index (Phi) is 4.13. The first-order valence-corrected chi connectivity index (χ1v) is 9.69. The van der Waals surface area contributed by atoms with Crippen molar-refractivity contribution in [1.29, 1.82) is 0 Å². The van der Waals surface area contributed by atoms with Crippen molar-refractivity contribution in [2.24, 2.45) is 0 Å². The molecule has 0 amide bonds. The van der Waals surface area contributed by atoms with E-state index >= 15 is 0 Å². The minimum atomic E-state index is -0.0594. The Bertz CT molecular complexity index is 1020. The number of aromatic amines is 2. The van der Waals surface area contributed by atoms with Gasteiger partial charge in [0.15, 0.2) is 0 Å². The Labute approximate surface area is 157 Å². The second kappa shape index (κ2) is 6.78. The number of aromatic nitrogens is 4. The van der Waals surface area contributed by atoms with Gasteiger partial charge >= 0.3 is 0 Å². The third-order valence-corrected chi connectivity index (χ3v) is 5.77. The quantitative estimate of drug-likeness (QED) is 0.749. The lowest BCUT2D eigenvalue weighted by atomic mass is 9.83. The summed E-state index contributed by atoms with van der Waals surface area (Å²) in [6, 6.07) is 10.0. The Morgan fingerprint density at radius 2 is 2.15 bits per heavy atom. The molecule has 3 heterocycles. The highest BCUT2D eigenvalue weighted by molar-refractivity contribution is 5.56. The number of rotatable bonds is 4. The van der Waals surface area contributed by atoms with Gasteiger partial charge in [-0.2, -0.15) is 5.10 Å². The number of fused-ring (bicyclic) bond motifs is 1. The molecular formula is C21H23N5O. The van der Waals surface area contributed by atoms with Gasteiger partial charge in [-0.15, -0.1) is 0 Å². The molecular weight excluding hydrogens is 338 g/mol. The molecule has 0 saturated heterocycles. The van der Waals surface area contributed by atoms with Crippen LogP contribution in [0.25, 0.3) is 11.4 Å². The van der Waals surface area contributed by atoms with E-state index in [0.717, 1.165) is 50.2 Å². The standard InChI is InChI=1S/C21H23N5O/c27-20-10-19(15-4-2-5-15)23-21(24-20)16-6-1-3-14(9-16)12-26-8-7-18-17(13-26)11-22-25-18/h1,3,6,9-11,15H,2,4-5,7-8,12-13H2,(H,22,25)(H,23,24,27). The van der Waals surface area contributed by atoms with Crippen molar-refractivity contribution >= 4 is 0 Å². The van der Waals surface area contributed by atoms with E-state index in [1.807, 2.05) is 18.3 Å². The first-order chi connectivity index (χ1) is 13.2. The van der Waals surface area contributed by atoms with Crippen molar-refractivity contribution in [1.82, 2.24) is 25.1 Å². The summed E-state index contributed by atoms with van der Waals surface area (Å²) in [6.45, 7) is 2.82. The van der Waals surface area contributed by atoms with Crippen LogP contribution in [-0.2, 0) is 19.5 Å². The zero-order valence-electron chi connectivity index (χ0n) is 15.2. The van der Waals surface area contributed by atoms with Crippen LogP contribution < -0.4 is 5.56 Å². The second-order valence-electron chi connectivity index (χ2n) is 7.68. The predicted molar refractivity (Wildman–Crippen MR) is 103 cm³/mol. The smallest absolute Gasteiger partial charge is 0.251 e. The molecule has 6 nitrogen and oxygen atoms in total. The lowest BCUT2D eigenvalue weighted by Crippen LogP contribution is -2.29. The molecule has 1 saturated carbocycles. The van der Waals surface area contributed by atoms with Crippen molar-refractivity contribution in [2.45, 2.75) is 44.7 Å². The van der Waals surface area contributed by atoms with Crippen LogP contribution in [0.1, 0.15) is 47.7 Å². The summed E-state index contributed by atoms with van der Waals surface area (Å²) in [5, 5.41) is 7.23. The summed E-state index contributed by atoms with van der Waals surface area (Å²) < 4.78 is 0. The highest BCUT2D eigenvalue weighted by Crippen LogP contribution is 2.35. The third kappa shape index (κ3) is 3.32. The average molecular weight is 361 g/mol. The lowest BCUT2D eigenvalue weighted by Gasteiger charge is -2.26. The minimum absolute atomic E-state index is 0.0594. The molecule has 2 aromatic heterocycles. The highest BCUT2D eigenvalue weighted by Gasteiger charge is 2.22. The van der Waals surface area contributed by atoms with Crippen molar-refractivity contribution < 1.29 is 0 Å². The van der Waals surface area contributed by atoms with E-state index in [-0.39, 0.29) is 5.56 Å². The van der Waals surface area contributed by atoms with Gasteiger partial charge in [-0.1, -0.05) is 24.6 Å². The van der Waals surface area contributed by atoms with Crippen LogP contribution in [0.5, 0.6) is 0 Å². The van der Waals surface area contributed by atoms with Crippen molar-refractivity contribution in [3.05, 3.63) is 69.4 Å². The van der Waals surface area contributed by atoms with E-state index in [1.165, 1.54) is 23.2 Å². The molecule has 0 spiro atoms. The van der Waals surface area contributed by atoms with Crippen LogP contribution >= 0.6 is 0 Å². The number of nitrogens with zero attached hydrogens (tertiary/aromatic N) is 3. The summed E-state index contributed by atoms with van der Waals surface area (Å²) >= 11 is 0. The maximum Gasteiger partial charge on any atom is 0.251 e. The predicted octanol–water partition coefficient (Wildman–Crippen LogP) is 2.99. The number of hydrogen-bond acceptors (Lipinski definition) is 4. The van der Waals surface area contributed by atoms with Crippen molar-refractivity contribution in [3.63, 3.8) is 0 Å². The molecule has 3 aromatic rings. The largest absolute Gasteiger partial charge is 0.307 e. The normalized spacial score (nSPS) is 17.5. The van der Waals surface area contributed by atoms with Crippen LogP contribution in [0.15, 0.2) is 41.3 Å². The van der Waals surface area contributed by atoms with Crippen LogP contribution in [0.4, 0.5) is 0 Å². The van der Waals surface area contributed by atoms with Crippen LogP contribution in [0, 0.1) is 0 Å². The Morgan fingerprint density at radius 1 is 1.22 bits per heavy atom. The van der Waals surface area contributed by atoms with Crippen LogP contribution in [-0.4, -0.2) is 31.6 Å². The van der Waals surface area contributed by atoms with Gasteiger partial charge in [0.2, 0.25) is 0 Å². The molecule has 0 bridgehead atoms. The topological polar surface area (TPSA) is 77.7 Å². The van der Waals surface area contributed by atoms with Gasteiger partial charge in [0.05, 0.1) is 11.9 Å². The Balaban J connectivity index is 1.38. The van der Waals surface area contributed by atoms with Gasteiger partial charge in [-0.05, 0) is 24.5 Å². The average Bonchev–Trinajstić information content (AvgIpc) is 3.08. The van der Waals surface area contributed by atoms with E-state index in [2.05, 4.69) is 32.2 Å². The van der Waals surface area contributed by atoms with Gasteiger partial charge in [-0.3, -0.25) is 14.8 Å². The molecule has 27 heavy (non-hydrogen) atoms. The monoisotopic (exact) mass is 361 g/mol. The maximum atomic E-state index is 12.1. The van der Waals surface area contributed by atoms with Crippen molar-refractivity contribution in [2.75, 3.05) is 6.54 Å². The fourth-order valence-electron chi connectivity index (χ4n) is 4.02. The number of H-pyrrole nitrogens is 2. The first kappa shape index (κ1) is 16.4. The van der Waals surface area contributed by atoms with E-state index in [1.54, 1.807) is 6.07 Å². The summed E-state index contributed by atoms with van der Waals surface area (Å²) in [5.74, 6) is 1.13. The molecule has 0 atom stereocenters. The summed E-state index contributed by atoms with van der Waals surface area (Å²) in [4.78, 5) is 22.2. The highest BCUT2D eigenvalue weighted by atomic mass is 16.1. The zero-order valence-corrected chi connectivity index (χ0v) is 15.2. The summed E-state index contributed by atoms with van der Waals surface area (Å²) in [5.41, 5.74) is 5.64. The molecule has 6 heteroatoms. The minimum Gasteiger partial charge on any atom is -0.307 e. The molecule has 5 rings (SSSR count). The summed E-state index contributed by atoms with van der Waals surface area (Å²) in [7, 11) is 0. The van der Waals surface area contributed by atoms with Gasteiger partial charge in [0.1, 0.15) is 5.82 Å². The Morgan fingerprint density at radius 3 is 3.00 bits per heavy atom. The molecule has 1 aliphatic heterocycles. The molecule has 1 aromatic carbocycles. The maximum absolute atomic E-state index is 12.1. The molecule has 138 valence electrons. The van der Waals surface area contributed by atoms with E-state index in [9.17, 15) is 4.79 Å². The van der Waals surface area contributed by atoms with E-state index in [0.29, 0.717) is 11.7 Å². The number of benzene rings is 1. The summed E-state index contributed by atoms with van der Waals surface area (Å²) in [6.07, 6.45) is 6.45. The lowest BCUT2D eigenvalue weighted by molar-refractivity contribution is 0.245. The number of nitrogens with one attached hydrogen (secondary N) is 2. The van der Waals surface area contributed by atoms with Gasteiger partial charge in [0, 0.05) is 54.9 Å². The second-order valence-corrected chi connectivity index (χ2v) is 7.68. The molecule has 1 fully saturated rings. The Hall–Kier alpha value is -2.73. The fourth-order valence-corrected chi connectivity index (χ4v) is 4.02. The molecule has 0 radical (unpaired) electrons. The SMILES string of the molecule is O=c1cc(C2CCC2)nc(-c2cccc(CN3CCc4[nH]ncc4C3)c2)[nH]1. The molecule has 0 unspecified atom stereocenters. The van der Waals surface area contributed by atoms with Crippen molar-refractivity contribution in [3.8, 4) is 11.4 Å². The molecule has 2 N–H and O–H groups in total. The fraction of sp³-hybridized carbons (Fsp3) is 0.381. The third-order valence-electron chi connectivity index (χ3n) is 5.77.